The molecule has 0 aliphatic heterocycles. The van der Waals surface area contributed by atoms with Gasteiger partial charge in [-0.1, -0.05) is 30.3 Å². The van der Waals surface area contributed by atoms with E-state index >= 15 is 0 Å². The van der Waals surface area contributed by atoms with Crippen molar-refractivity contribution in [3.8, 4) is 5.75 Å². The molecule has 0 bridgehead atoms. The maximum Gasteiger partial charge on any atom is 0.329 e. The molecule has 3 N–H and O–H groups in total. The molecule has 7 heteroatoms. The highest BCUT2D eigenvalue weighted by Gasteiger charge is 2.26. The van der Waals surface area contributed by atoms with E-state index < -0.39 is 22.9 Å². The van der Waals surface area contributed by atoms with E-state index in [1.54, 1.807) is 6.92 Å². The zero-order valence-electron chi connectivity index (χ0n) is 14.7. The van der Waals surface area contributed by atoms with Gasteiger partial charge in [-0.2, -0.15) is 0 Å². The molecule has 1 amide bonds. The molecule has 0 unspecified atom stereocenters. The number of benzene rings is 1. The van der Waals surface area contributed by atoms with E-state index in [-0.39, 0.29) is 18.3 Å². The number of aromatic nitrogens is 2. The summed E-state index contributed by atoms with van der Waals surface area (Å²) in [7, 11) is 0. The Labute approximate surface area is 150 Å². The molecule has 7 nitrogen and oxygen atoms in total. The number of amides is 1. The van der Waals surface area contributed by atoms with Gasteiger partial charge in [-0.25, -0.2) is 4.79 Å². The Bertz CT molecular complexity index is 893. The maximum atomic E-state index is 12.4. The number of nitrogens with one attached hydrogen (secondary N) is 2. The smallest absolute Gasteiger partial charge is 0.329 e. The zero-order chi connectivity index (χ0) is 18.7. The fourth-order valence-corrected chi connectivity index (χ4v) is 3.57. The van der Waals surface area contributed by atoms with Gasteiger partial charge >= 0.3 is 5.69 Å². The fourth-order valence-electron chi connectivity index (χ4n) is 3.57. The molecule has 0 spiro atoms. The van der Waals surface area contributed by atoms with Crippen molar-refractivity contribution in [3.05, 3.63) is 62.4 Å². The summed E-state index contributed by atoms with van der Waals surface area (Å²) in [6.45, 7) is 1.73. The van der Waals surface area contributed by atoms with Gasteiger partial charge in [0.2, 0.25) is 5.75 Å². The number of nitrogens with zero attached hydrogens (tertiary/aromatic N) is 1. The molecule has 1 aromatic heterocycles. The molecule has 0 radical (unpaired) electrons. The lowest BCUT2D eigenvalue weighted by Gasteiger charge is -2.29. The van der Waals surface area contributed by atoms with Crippen molar-refractivity contribution < 1.29 is 9.90 Å². The van der Waals surface area contributed by atoms with Crippen molar-refractivity contribution in [1.82, 2.24) is 14.9 Å². The molecule has 0 saturated heterocycles. The van der Waals surface area contributed by atoms with Crippen LogP contribution >= 0.6 is 0 Å². The van der Waals surface area contributed by atoms with E-state index in [1.165, 1.54) is 5.56 Å². The molecule has 1 saturated carbocycles. The van der Waals surface area contributed by atoms with Crippen LogP contribution < -0.4 is 16.6 Å². The van der Waals surface area contributed by atoms with Crippen molar-refractivity contribution in [1.29, 1.82) is 0 Å². The lowest BCUT2D eigenvalue weighted by atomic mass is 9.82. The first-order chi connectivity index (χ1) is 12.5. The van der Waals surface area contributed by atoms with Gasteiger partial charge in [-0.05, 0) is 44.1 Å². The third-order valence-corrected chi connectivity index (χ3v) is 5.04. The Morgan fingerprint density at radius 2 is 1.85 bits per heavy atom. The highest BCUT2D eigenvalue weighted by molar-refractivity contribution is 5.94. The monoisotopic (exact) mass is 357 g/mol. The lowest BCUT2D eigenvalue weighted by molar-refractivity contribution is 0.0916. The molecule has 26 heavy (non-hydrogen) atoms. The Morgan fingerprint density at radius 1 is 1.19 bits per heavy atom. The molecule has 0 atom stereocenters. The fraction of sp³-hybridized carbons (Fsp3) is 0.421. The lowest BCUT2D eigenvalue weighted by Crippen LogP contribution is -2.41. The normalized spacial score (nSPS) is 19.9. The minimum absolute atomic E-state index is 0.0426. The summed E-state index contributed by atoms with van der Waals surface area (Å²) >= 11 is 0. The molecule has 3 rings (SSSR count). The van der Waals surface area contributed by atoms with Crippen LogP contribution in [-0.2, 0) is 6.54 Å². The highest BCUT2D eigenvalue weighted by Crippen LogP contribution is 2.32. The minimum Gasteiger partial charge on any atom is -0.501 e. The van der Waals surface area contributed by atoms with Gasteiger partial charge < -0.3 is 10.4 Å². The molecule has 2 aromatic rings. The number of carbonyl (C=O) groups is 1. The van der Waals surface area contributed by atoms with E-state index in [9.17, 15) is 19.5 Å². The Balaban J connectivity index is 1.67. The molecule has 1 fully saturated rings. The summed E-state index contributed by atoms with van der Waals surface area (Å²) in [6.07, 6.45) is 3.52. The van der Waals surface area contributed by atoms with Crippen LogP contribution in [-0.4, -0.2) is 26.6 Å². The van der Waals surface area contributed by atoms with Gasteiger partial charge in [0.25, 0.3) is 11.5 Å². The Morgan fingerprint density at radius 3 is 2.46 bits per heavy atom. The van der Waals surface area contributed by atoms with Gasteiger partial charge in [0.05, 0.1) is 0 Å². The van der Waals surface area contributed by atoms with E-state index in [0.29, 0.717) is 5.92 Å². The summed E-state index contributed by atoms with van der Waals surface area (Å²) in [5.74, 6) is -0.865. The van der Waals surface area contributed by atoms with E-state index in [1.807, 2.05) is 18.2 Å². The first kappa shape index (κ1) is 18.0. The van der Waals surface area contributed by atoms with E-state index in [0.717, 1.165) is 30.3 Å². The van der Waals surface area contributed by atoms with Crippen molar-refractivity contribution >= 4 is 5.91 Å². The van der Waals surface area contributed by atoms with Crippen LogP contribution in [0.4, 0.5) is 0 Å². The van der Waals surface area contributed by atoms with Crippen molar-refractivity contribution in [3.63, 3.8) is 0 Å². The summed E-state index contributed by atoms with van der Waals surface area (Å²) in [4.78, 5) is 38.5. The third-order valence-electron chi connectivity index (χ3n) is 5.04. The van der Waals surface area contributed by atoms with Crippen molar-refractivity contribution in [2.24, 2.45) is 0 Å². The number of aromatic amines is 1. The number of H-pyrrole nitrogens is 1. The number of carbonyl (C=O) groups excluding carboxylic acids is 1. The summed E-state index contributed by atoms with van der Waals surface area (Å²) in [5, 5.41) is 12.8. The average Bonchev–Trinajstić information content (AvgIpc) is 2.66. The van der Waals surface area contributed by atoms with Crippen LogP contribution in [0.3, 0.4) is 0 Å². The van der Waals surface area contributed by atoms with E-state index in [2.05, 4.69) is 22.4 Å². The van der Waals surface area contributed by atoms with E-state index in [4.69, 9.17) is 0 Å². The largest absolute Gasteiger partial charge is 0.501 e. The predicted octanol–water partition coefficient (Wildman–Crippen LogP) is 1.72. The number of rotatable bonds is 4. The van der Waals surface area contributed by atoms with Crippen LogP contribution in [0.25, 0.3) is 0 Å². The Hall–Kier alpha value is -2.83. The summed E-state index contributed by atoms with van der Waals surface area (Å²) in [5.41, 5.74) is -0.611. The van der Waals surface area contributed by atoms with Gasteiger partial charge in [0, 0.05) is 12.6 Å². The number of hydrogen-bond acceptors (Lipinski definition) is 4. The molecule has 138 valence electrons. The second-order valence-electron chi connectivity index (χ2n) is 6.64. The molecular formula is C19H23N3O4. The molecule has 1 aliphatic carbocycles. The summed E-state index contributed by atoms with van der Waals surface area (Å²) < 4.78 is 0.844. The van der Waals surface area contributed by atoms with Gasteiger partial charge in [0.15, 0.2) is 5.69 Å². The molecule has 1 aromatic carbocycles. The van der Waals surface area contributed by atoms with Crippen LogP contribution in [0.2, 0.25) is 0 Å². The van der Waals surface area contributed by atoms with Gasteiger partial charge in [-0.15, -0.1) is 0 Å². The first-order valence-electron chi connectivity index (χ1n) is 8.93. The number of aromatic hydroxyl groups is 1. The van der Waals surface area contributed by atoms with Gasteiger partial charge in [0.1, 0.15) is 0 Å². The molecule has 1 aliphatic rings. The SMILES string of the molecule is CCn1c(=O)[nH]c(C(=O)NC2CCC(c3ccccc3)CC2)c(O)c1=O. The Kier molecular flexibility index (Phi) is 5.25. The maximum absolute atomic E-state index is 12.4. The topological polar surface area (TPSA) is 104 Å². The standard InChI is InChI=1S/C19H23N3O4/c1-2-22-18(25)16(23)15(21-19(22)26)17(24)20-14-10-8-13(9-11-14)12-6-4-3-5-7-12/h3-7,13-14,23H,2,8-11H2,1H3,(H,20,24)(H,21,26). The minimum atomic E-state index is -0.853. The van der Waals surface area contributed by atoms with Crippen molar-refractivity contribution in [2.45, 2.75) is 51.1 Å². The average molecular weight is 357 g/mol. The second kappa shape index (κ2) is 7.59. The number of hydrogen-bond donors (Lipinski definition) is 3. The first-order valence-corrected chi connectivity index (χ1v) is 8.93. The van der Waals surface area contributed by atoms with Crippen LogP contribution in [0.1, 0.15) is 54.6 Å². The zero-order valence-corrected chi connectivity index (χ0v) is 14.7. The third kappa shape index (κ3) is 3.56. The second-order valence-corrected chi connectivity index (χ2v) is 6.64. The summed E-state index contributed by atoms with van der Waals surface area (Å²) in [6, 6.07) is 10.2. The predicted molar refractivity (Wildman–Crippen MR) is 97.6 cm³/mol. The molecule has 1 heterocycles. The van der Waals surface area contributed by atoms with Crippen LogP contribution in [0, 0.1) is 0 Å². The van der Waals surface area contributed by atoms with Gasteiger partial charge in [-0.3, -0.25) is 19.1 Å². The van der Waals surface area contributed by atoms with Crippen molar-refractivity contribution in [2.75, 3.05) is 0 Å². The highest BCUT2D eigenvalue weighted by atomic mass is 16.3. The van der Waals surface area contributed by atoms with Crippen LogP contribution in [0.5, 0.6) is 5.75 Å². The quantitative estimate of drug-likeness (QED) is 0.775. The van der Waals surface area contributed by atoms with Crippen LogP contribution in [0.15, 0.2) is 39.9 Å². The molecular weight excluding hydrogens is 334 g/mol.